The Bertz CT molecular complexity index is 925. The van der Waals surface area contributed by atoms with Gasteiger partial charge < -0.3 is 14.7 Å². The molecule has 1 aliphatic rings. The predicted molar refractivity (Wildman–Crippen MR) is 101 cm³/mol. The Morgan fingerprint density at radius 3 is 2.63 bits per heavy atom. The van der Waals surface area contributed by atoms with Crippen LogP contribution in [0.4, 0.5) is 0 Å². The van der Waals surface area contributed by atoms with Crippen molar-refractivity contribution in [1.82, 2.24) is 4.90 Å². The Labute approximate surface area is 158 Å². The molecule has 1 heterocycles. The zero-order chi connectivity index (χ0) is 19.4. The number of nitriles is 2. The lowest BCUT2D eigenvalue weighted by molar-refractivity contribution is -0.0819. The number of aliphatic hydroxyl groups is 1. The van der Waals surface area contributed by atoms with E-state index in [1.54, 1.807) is 24.4 Å². The fourth-order valence-electron chi connectivity index (χ4n) is 3.30. The highest BCUT2D eigenvalue weighted by Gasteiger charge is 2.45. The third kappa shape index (κ3) is 3.76. The third-order valence-corrected chi connectivity index (χ3v) is 4.67. The normalized spacial score (nSPS) is 20.2. The van der Waals surface area contributed by atoms with Crippen molar-refractivity contribution in [3.8, 4) is 18.0 Å². The number of fused-ring (bicyclic) bond motifs is 1. The van der Waals surface area contributed by atoms with Gasteiger partial charge in [0.25, 0.3) is 0 Å². The summed E-state index contributed by atoms with van der Waals surface area (Å²) in [5.41, 5.74) is 1.34. The smallest absolute Gasteiger partial charge is 0.207 e. The number of aliphatic hydroxyl groups excluding tert-OH is 1. The summed E-state index contributed by atoms with van der Waals surface area (Å²) in [6.07, 6.45) is 2.31. The topological polar surface area (TPSA) is 92.6 Å². The van der Waals surface area contributed by atoms with Crippen LogP contribution < -0.4 is 4.74 Å². The van der Waals surface area contributed by atoms with Gasteiger partial charge in [-0.25, -0.2) is 0 Å². The highest BCUT2D eigenvalue weighted by atomic mass is 16.5. The van der Waals surface area contributed by atoms with Crippen LogP contribution in [-0.4, -0.2) is 28.0 Å². The van der Waals surface area contributed by atoms with Crippen LogP contribution in [0.3, 0.4) is 0 Å². The maximum absolute atomic E-state index is 11.1. The first-order valence-corrected chi connectivity index (χ1v) is 8.59. The Balaban J connectivity index is 2.10. The molecule has 0 aliphatic carbocycles. The van der Waals surface area contributed by atoms with E-state index in [1.807, 2.05) is 49.1 Å². The van der Waals surface area contributed by atoms with Crippen LogP contribution >= 0.6 is 0 Å². The molecule has 0 fully saturated rings. The van der Waals surface area contributed by atoms with Crippen LogP contribution in [-0.2, 0) is 6.54 Å². The molecule has 0 spiro atoms. The van der Waals surface area contributed by atoms with Gasteiger partial charge in [0.2, 0.25) is 6.19 Å². The summed E-state index contributed by atoms with van der Waals surface area (Å²) in [7, 11) is 0. The summed E-state index contributed by atoms with van der Waals surface area (Å²) >= 11 is 0. The minimum absolute atomic E-state index is 0.444. The van der Waals surface area contributed by atoms with Crippen molar-refractivity contribution >= 4 is 6.34 Å². The highest BCUT2D eigenvalue weighted by Crippen LogP contribution is 2.43. The molecule has 2 unspecified atom stereocenters. The quantitative estimate of drug-likeness (QED) is 0.514. The molecule has 0 radical (unpaired) electrons. The molecule has 0 aromatic heterocycles. The molecule has 1 aliphatic heterocycles. The number of ether oxygens (including phenoxy) is 1. The van der Waals surface area contributed by atoms with Gasteiger partial charge in [-0.3, -0.25) is 0 Å². The molecular formula is C21H20N4O2. The Morgan fingerprint density at radius 2 is 1.96 bits per heavy atom. The average molecular weight is 360 g/mol. The Morgan fingerprint density at radius 1 is 1.22 bits per heavy atom. The molecule has 2 aromatic rings. The van der Waals surface area contributed by atoms with E-state index in [2.05, 4.69) is 11.1 Å². The van der Waals surface area contributed by atoms with Gasteiger partial charge in [-0.05, 0) is 37.6 Å². The number of hydrogen-bond donors (Lipinski definition) is 1. The monoisotopic (exact) mass is 360 g/mol. The second kappa shape index (κ2) is 7.49. The summed E-state index contributed by atoms with van der Waals surface area (Å²) < 4.78 is 5.97. The second-order valence-corrected chi connectivity index (χ2v) is 6.96. The van der Waals surface area contributed by atoms with Gasteiger partial charge in [0.1, 0.15) is 23.8 Å². The fourth-order valence-corrected chi connectivity index (χ4v) is 3.30. The molecule has 1 N–H and O–H groups in total. The summed E-state index contributed by atoms with van der Waals surface area (Å²) in [5.74, 6) is 0.609. The van der Waals surface area contributed by atoms with Crippen molar-refractivity contribution in [3.05, 3.63) is 65.2 Å². The molecule has 0 saturated heterocycles. The number of aliphatic imine (C=N–C) groups is 1. The van der Waals surface area contributed by atoms with Crippen molar-refractivity contribution in [3.63, 3.8) is 0 Å². The SMILES string of the molecule is CC1(C)Oc2ccc(C#N)cc2C(N(C=NC#N)Cc2ccccc2)C1O. The van der Waals surface area contributed by atoms with Crippen LogP contribution in [0.1, 0.15) is 36.6 Å². The van der Waals surface area contributed by atoms with E-state index in [0.717, 1.165) is 5.56 Å². The van der Waals surface area contributed by atoms with E-state index in [4.69, 9.17) is 10.00 Å². The maximum atomic E-state index is 11.1. The van der Waals surface area contributed by atoms with Gasteiger partial charge in [0.15, 0.2) is 0 Å². The van der Waals surface area contributed by atoms with Crippen molar-refractivity contribution in [2.24, 2.45) is 4.99 Å². The van der Waals surface area contributed by atoms with Crippen LogP contribution in [0.15, 0.2) is 53.5 Å². The number of rotatable bonds is 4. The van der Waals surface area contributed by atoms with Gasteiger partial charge in [0, 0.05) is 12.1 Å². The van der Waals surface area contributed by atoms with E-state index in [-0.39, 0.29) is 0 Å². The molecule has 2 aromatic carbocycles. The minimum Gasteiger partial charge on any atom is -0.485 e. The van der Waals surface area contributed by atoms with Crippen molar-refractivity contribution in [2.45, 2.75) is 38.1 Å². The Kier molecular flexibility index (Phi) is 5.12. The molecule has 2 atom stereocenters. The van der Waals surface area contributed by atoms with Crippen LogP contribution in [0.2, 0.25) is 0 Å². The van der Waals surface area contributed by atoms with Crippen LogP contribution in [0.25, 0.3) is 0 Å². The Hall–Kier alpha value is -3.35. The first kappa shape index (κ1) is 18.4. The van der Waals surface area contributed by atoms with Gasteiger partial charge in [-0.2, -0.15) is 15.5 Å². The fraction of sp³-hybridized carbons (Fsp3) is 0.286. The molecule has 0 saturated carbocycles. The van der Waals surface area contributed by atoms with Gasteiger partial charge in [-0.1, -0.05) is 30.3 Å². The molecule has 3 rings (SSSR count). The van der Waals surface area contributed by atoms with E-state index in [1.165, 1.54) is 6.34 Å². The summed E-state index contributed by atoms with van der Waals surface area (Å²) in [6.45, 7) is 4.07. The predicted octanol–water partition coefficient (Wildman–Crippen LogP) is 3.14. The summed E-state index contributed by atoms with van der Waals surface area (Å²) in [4.78, 5) is 5.54. The lowest BCUT2D eigenvalue weighted by atomic mass is 9.85. The zero-order valence-electron chi connectivity index (χ0n) is 15.2. The van der Waals surface area contributed by atoms with E-state index < -0.39 is 17.7 Å². The van der Waals surface area contributed by atoms with Crippen molar-refractivity contribution in [1.29, 1.82) is 10.5 Å². The minimum atomic E-state index is -0.896. The van der Waals surface area contributed by atoms with Gasteiger partial charge >= 0.3 is 0 Å². The lowest BCUT2D eigenvalue weighted by Crippen LogP contribution is -2.53. The maximum Gasteiger partial charge on any atom is 0.207 e. The highest BCUT2D eigenvalue weighted by molar-refractivity contribution is 5.59. The zero-order valence-corrected chi connectivity index (χ0v) is 15.2. The second-order valence-electron chi connectivity index (χ2n) is 6.96. The van der Waals surface area contributed by atoms with Gasteiger partial charge in [-0.15, -0.1) is 0 Å². The molecule has 27 heavy (non-hydrogen) atoms. The largest absolute Gasteiger partial charge is 0.485 e. The van der Waals surface area contributed by atoms with E-state index in [0.29, 0.717) is 23.4 Å². The van der Waals surface area contributed by atoms with E-state index in [9.17, 15) is 10.4 Å². The number of hydrogen-bond acceptors (Lipinski definition) is 5. The van der Waals surface area contributed by atoms with Crippen LogP contribution in [0, 0.1) is 22.8 Å². The molecule has 6 heteroatoms. The summed E-state index contributed by atoms with van der Waals surface area (Å²) in [5, 5.41) is 29.3. The lowest BCUT2D eigenvalue weighted by Gasteiger charge is -2.45. The molecule has 0 amide bonds. The van der Waals surface area contributed by atoms with Crippen molar-refractivity contribution < 1.29 is 9.84 Å². The number of nitrogens with zero attached hydrogens (tertiary/aromatic N) is 4. The van der Waals surface area contributed by atoms with Gasteiger partial charge in [0.05, 0.1) is 17.7 Å². The molecular weight excluding hydrogens is 340 g/mol. The average Bonchev–Trinajstić information content (AvgIpc) is 2.67. The third-order valence-electron chi connectivity index (χ3n) is 4.67. The van der Waals surface area contributed by atoms with Crippen molar-refractivity contribution in [2.75, 3.05) is 0 Å². The molecule has 6 nitrogen and oxygen atoms in total. The number of benzene rings is 2. The first-order valence-electron chi connectivity index (χ1n) is 8.59. The van der Waals surface area contributed by atoms with Crippen LogP contribution in [0.5, 0.6) is 5.75 Å². The first-order chi connectivity index (χ1) is 13.0. The molecule has 0 bridgehead atoms. The van der Waals surface area contributed by atoms with E-state index >= 15 is 0 Å². The molecule has 136 valence electrons. The standard InChI is InChI=1S/C21H20N4O2/c1-21(2)20(26)19(17-10-16(11-22)8-9-18(17)27-21)25(14-24-13-23)12-15-6-4-3-5-7-15/h3-10,14,19-20,26H,12H2,1-2H3. The summed E-state index contributed by atoms with van der Waals surface area (Å²) in [6, 6.07) is 16.5.